The number of nitrogens with one attached hydrogen (secondary N) is 1. The molecule has 0 aliphatic carbocycles. The first-order valence-electron chi connectivity index (χ1n) is 11.8. The van der Waals surface area contributed by atoms with Gasteiger partial charge in [-0.1, -0.05) is 55.8 Å². The van der Waals surface area contributed by atoms with Crippen LogP contribution in [0.2, 0.25) is 5.02 Å². The Hall–Kier alpha value is -3.12. The monoisotopic (exact) mass is 477 g/mol. The molecule has 0 spiro atoms. The molecule has 1 aromatic heterocycles. The number of hydrogen-bond donors (Lipinski definition) is 1. The van der Waals surface area contributed by atoms with E-state index in [1.54, 1.807) is 0 Å². The highest BCUT2D eigenvalue weighted by Crippen LogP contribution is 2.28. The second-order valence-electron chi connectivity index (χ2n) is 9.11. The minimum atomic E-state index is -0.0664. The zero-order valence-corrected chi connectivity index (χ0v) is 21.1. The van der Waals surface area contributed by atoms with E-state index in [9.17, 15) is 4.79 Å². The summed E-state index contributed by atoms with van der Waals surface area (Å²) < 4.78 is 0. The van der Waals surface area contributed by atoms with Crippen molar-refractivity contribution in [2.45, 2.75) is 40.0 Å². The topological polar surface area (TPSA) is 61.4 Å². The molecule has 0 radical (unpaired) electrons. The van der Waals surface area contributed by atoms with Crippen LogP contribution in [-0.2, 0) is 6.42 Å². The van der Waals surface area contributed by atoms with E-state index >= 15 is 0 Å². The van der Waals surface area contributed by atoms with Gasteiger partial charge < -0.3 is 15.1 Å². The van der Waals surface area contributed by atoms with Crippen LogP contribution >= 0.6 is 11.6 Å². The van der Waals surface area contributed by atoms with Gasteiger partial charge in [-0.15, -0.1) is 0 Å². The van der Waals surface area contributed by atoms with Crippen molar-refractivity contribution in [3.8, 4) is 0 Å². The molecule has 0 unspecified atom stereocenters. The fourth-order valence-electron chi connectivity index (χ4n) is 4.29. The van der Waals surface area contributed by atoms with Gasteiger partial charge in [0.1, 0.15) is 11.6 Å². The number of anilines is 2. The van der Waals surface area contributed by atoms with Crippen LogP contribution in [0.3, 0.4) is 0 Å². The van der Waals surface area contributed by atoms with Gasteiger partial charge in [0.15, 0.2) is 0 Å². The number of nitrogens with zero attached hydrogens (tertiary/aromatic N) is 4. The van der Waals surface area contributed by atoms with Crippen molar-refractivity contribution in [2.24, 2.45) is 0 Å². The lowest BCUT2D eigenvalue weighted by atomic mass is 10.0. The van der Waals surface area contributed by atoms with Crippen LogP contribution in [0, 0.1) is 13.8 Å². The van der Waals surface area contributed by atoms with E-state index in [2.05, 4.69) is 41.2 Å². The van der Waals surface area contributed by atoms with E-state index in [1.165, 1.54) is 5.56 Å². The molecule has 0 atom stereocenters. The minimum Gasteiger partial charge on any atom is -0.353 e. The molecule has 1 aliphatic heterocycles. The zero-order chi connectivity index (χ0) is 24.2. The molecule has 0 saturated carbocycles. The van der Waals surface area contributed by atoms with E-state index in [0.29, 0.717) is 38.5 Å². The molecule has 2 aromatic carbocycles. The van der Waals surface area contributed by atoms with E-state index in [0.717, 1.165) is 39.2 Å². The molecule has 4 rings (SSSR count). The Kier molecular flexibility index (Phi) is 7.37. The number of piperazine rings is 1. The van der Waals surface area contributed by atoms with Crippen molar-refractivity contribution in [3.63, 3.8) is 0 Å². The Morgan fingerprint density at radius 1 is 1.00 bits per heavy atom. The number of carbonyl (C=O) groups is 1. The fraction of sp³-hybridized carbons (Fsp3) is 0.370. The lowest BCUT2D eigenvalue weighted by Crippen LogP contribution is -2.50. The van der Waals surface area contributed by atoms with Gasteiger partial charge in [0.25, 0.3) is 0 Å². The SMILES string of the molecule is Cc1nc(C)c(Cc2ccccc2Cl)c(N2CCN(C(=O)Nc3ccc(C(C)C)cc3)CC2)n1. The minimum absolute atomic E-state index is 0.0664. The quantitative estimate of drug-likeness (QED) is 0.503. The predicted molar refractivity (Wildman–Crippen MR) is 139 cm³/mol. The third-order valence-electron chi connectivity index (χ3n) is 6.32. The summed E-state index contributed by atoms with van der Waals surface area (Å²) in [5, 5.41) is 3.78. The molecule has 1 fully saturated rings. The molecule has 2 heterocycles. The number of halogens is 1. The largest absolute Gasteiger partial charge is 0.353 e. The number of benzene rings is 2. The number of hydrogen-bond acceptors (Lipinski definition) is 4. The average molecular weight is 478 g/mol. The van der Waals surface area contributed by atoms with E-state index in [1.807, 2.05) is 55.1 Å². The summed E-state index contributed by atoms with van der Waals surface area (Å²) in [5.41, 5.74) is 5.19. The van der Waals surface area contributed by atoms with Gasteiger partial charge in [0, 0.05) is 54.6 Å². The third kappa shape index (κ3) is 5.50. The molecule has 2 amide bonds. The highest BCUT2D eigenvalue weighted by Gasteiger charge is 2.25. The van der Waals surface area contributed by atoms with Crippen LogP contribution in [0.15, 0.2) is 48.5 Å². The molecule has 1 saturated heterocycles. The Morgan fingerprint density at radius 2 is 1.68 bits per heavy atom. The second kappa shape index (κ2) is 10.4. The second-order valence-corrected chi connectivity index (χ2v) is 9.51. The number of amides is 2. The molecule has 0 bridgehead atoms. The number of aromatic nitrogens is 2. The molecular weight excluding hydrogens is 446 g/mol. The fourth-order valence-corrected chi connectivity index (χ4v) is 4.50. The highest BCUT2D eigenvalue weighted by atomic mass is 35.5. The predicted octanol–water partition coefficient (Wildman–Crippen LogP) is 5.82. The summed E-state index contributed by atoms with van der Waals surface area (Å²) in [6.45, 7) is 11.0. The Bertz CT molecular complexity index is 1150. The molecule has 34 heavy (non-hydrogen) atoms. The first-order chi connectivity index (χ1) is 16.3. The maximum Gasteiger partial charge on any atom is 0.321 e. The summed E-state index contributed by atoms with van der Waals surface area (Å²) in [7, 11) is 0. The summed E-state index contributed by atoms with van der Waals surface area (Å²) in [6.07, 6.45) is 0.675. The van der Waals surface area contributed by atoms with Crippen LogP contribution < -0.4 is 10.2 Å². The summed E-state index contributed by atoms with van der Waals surface area (Å²) in [4.78, 5) is 26.4. The van der Waals surface area contributed by atoms with Crippen molar-refractivity contribution in [2.75, 3.05) is 36.4 Å². The number of urea groups is 1. The molecule has 1 aliphatic rings. The zero-order valence-electron chi connectivity index (χ0n) is 20.3. The van der Waals surface area contributed by atoms with Crippen molar-refractivity contribution in [3.05, 3.63) is 81.8 Å². The molecule has 178 valence electrons. The van der Waals surface area contributed by atoms with Gasteiger partial charge >= 0.3 is 6.03 Å². The number of carbonyl (C=O) groups excluding carboxylic acids is 1. The van der Waals surface area contributed by atoms with Crippen molar-refractivity contribution >= 4 is 29.1 Å². The van der Waals surface area contributed by atoms with Crippen molar-refractivity contribution in [1.82, 2.24) is 14.9 Å². The molecule has 3 aromatic rings. The van der Waals surface area contributed by atoms with Crippen molar-refractivity contribution in [1.29, 1.82) is 0 Å². The Labute approximate surface area is 207 Å². The average Bonchev–Trinajstić information content (AvgIpc) is 2.82. The van der Waals surface area contributed by atoms with Crippen LogP contribution in [0.5, 0.6) is 0 Å². The van der Waals surface area contributed by atoms with E-state index in [-0.39, 0.29) is 6.03 Å². The van der Waals surface area contributed by atoms with Gasteiger partial charge in [-0.25, -0.2) is 14.8 Å². The third-order valence-corrected chi connectivity index (χ3v) is 6.69. The molecular formula is C27H32ClN5O. The first kappa shape index (κ1) is 24.0. The molecule has 6 nitrogen and oxygen atoms in total. The summed E-state index contributed by atoms with van der Waals surface area (Å²) in [6, 6.07) is 15.9. The van der Waals surface area contributed by atoms with Crippen molar-refractivity contribution < 1.29 is 4.79 Å². The van der Waals surface area contributed by atoms with Gasteiger partial charge in [-0.05, 0) is 49.1 Å². The van der Waals surface area contributed by atoms with Gasteiger partial charge in [-0.3, -0.25) is 0 Å². The van der Waals surface area contributed by atoms with Gasteiger partial charge in [0.2, 0.25) is 0 Å². The normalized spacial score (nSPS) is 13.9. The smallest absolute Gasteiger partial charge is 0.321 e. The first-order valence-corrected chi connectivity index (χ1v) is 12.2. The van der Waals surface area contributed by atoms with Gasteiger partial charge in [-0.2, -0.15) is 0 Å². The molecule has 1 N–H and O–H groups in total. The lowest BCUT2D eigenvalue weighted by molar-refractivity contribution is 0.208. The number of rotatable bonds is 5. The number of aryl methyl sites for hydroxylation is 2. The van der Waals surface area contributed by atoms with Gasteiger partial charge in [0.05, 0.1) is 0 Å². The lowest BCUT2D eigenvalue weighted by Gasteiger charge is -2.36. The molecule has 7 heteroatoms. The maximum atomic E-state index is 12.8. The van der Waals surface area contributed by atoms with E-state index in [4.69, 9.17) is 16.6 Å². The van der Waals surface area contributed by atoms with Crippen LogP contribution in [0.25, 0.3) is 0 Å². The van der Waals surface area contributed by atoms with E-state index < -0.39 is 0 Å². The Morgan fingerprint density at radius 3 is 2.32 bits per heavy atom. The Balaban J connectivity index is 1.44. The van der Waals surface area contributed by atoms with Crippen LogP contribution in [0.1, 0.15) is 48.0 Å². The summed E-state index contributed by atoms with van der Waals surface area (Å²) in [5.74, 6) is 2.16. The summed E-state index contributed by atoms with van der Waals surface area (Å²) >= 11 is 6.43. The maximum absolute atomic E-state index is 12.8. The standard InChI is InChI=1S/C27H32ClN5O/c1-18(2)21-9-11-23(12-10-21)31-27(34)33-15-13-32(14-16-33)26-24(19(3)29-20(4)30-26)17-22-7-5-6-8-25(22)28/h5-12,18H,13-17H2,1-4H3,(H,31,34). The highest BCUT2D eigenvalue weighted by molar-refractivity contribution is 6.31. The van der Waals surface area contributed by atoms with Crippen LogP contribution in [0.4, 0.5) is 16.3 Å². The van der Waals surface area contributed by atoms with Crippen LogP contribution in [-0.4, -0.2) is 47.1 Å².